The van der Waals surface area contributed by atoms with Gasteiger partial charge in [0, 0.05) is 31.4 Å². The summed E-state index contributed by atoms with van der Waals surface area (Å²) in [5, 5.41) is 3.27. The summed E-state index contributed by atoms with van der Waals surface area (Å²) in [5.41, 5.74) is 1.19. The molecule has 5 rings (SSSR count). The molecule has 2 fully saturated rings. The summed E-state index contributed by atoms with van der Waals surface area (Å²) >= 11 is 0. The van der Waals surface area contributed by atoms with Gasteiger partial charge in [-0.2, -0.15) is 0 Å². The molecule has 3 aromatic rings. The normalized spacial score (nSPS) is 19.1. The minimum absolute atomic E-state index is 0.0194. The molecular formula is C27H29N3O4. The maximum absolute atomic E-state index is 13.4. The lowest BCUT2D eigenvalue weighted by Gasteiger charge is -2.38. The molecule has 34 heavy (non-hydrogen) atoms. The van der Waals surface area contributed by atoms with Gasteiger partial charge in [0.25, 0.3) is 5.91 Å². The highest BCUT2D eigenvalue weighted by molar-refractivity contribution is 5.99. The van der Waals surface area contributed by atoms with Crippen LogP contribution in [0.3, 0.4) is 0 Å². The van der Waals surface area contributed by atoms with Gasteiger partial charge in [-0.25, -0.2) is 4.98 Å². The fourth-order valence-electron chi connectivity index (χ4n) is 4.69. The summed E-state index contributed by atoms with van der Waals surface area (Å²) in [6.45, 7) is 1.88. The van der Waals surface area contributed by atoms with Crippen LogP contribution in [0.1, 0.15) is 29.6 Å². The lowest BCUT2D eigenvalue weighted by atomic mass is 9.87. The molecule has 2 aliphatic heterocycles. The molecule has 2 saturated heterocycles. The molecule has 0 aliphatic carbocycles. The number of aromatic nitrogens is 1. The third kappa shape index (κ3) is 4.84. The van der Waals surface area contributed by atoms with Crippen molar-refractivity contribution in [2.45, 2.75) is 31.0 Å². The van der Waals surface area contributed by atoms with Gasteiger partial charge in [0.05, 0.1) is 24.9 Å². The minimum atomic E-state index is -0.213. The molecule has 0 radical (unpaired) electrons. The molecule has 1 spiro atoms. The summed E-state index contributed by atoms with van der Waals surface area (Å²) in [6, 6.07) is 21.0. The second-order valence-corrected chi connectivity index (χ2v) is 8.80. The lowest BCUT2D eigenvalue weighted by molar-refractivity contribution is -0.0395. The number of nitrogens with zero attached hydrogens (tertiary/aromatic N) is 2. The molecular weight excluding hydrogens is 430 g/mol. The number of anilines is 2. The van der Waals surface area contributed by atoms with Gasteiger partial charge in [0.2, 0.25) is 0 Å². The van der Waals surface area contributed by atoms with Gasteiger partial charge in [-0.15, -0.1) is 0 Å². The molecule has 1 aromatic heterocycles. The first kappa shape index (κ1) is 22.2. The van der Waals surface area contributed by atoms with E-state index in [4.69, 9.17) is 14.2 Å². The van der Waals surface area contributed by atoms with Crippen LogP contribution in [0.4, 0.5) is 11.5 Å². The van der Waals surface area contributed by atoms with Crippen molar-refractivity contribution in [1.29, 1.82) is 0 Å². The molecule has 0 unspecified atom stereocenters. The highest BCUT2D eigenvalue weighted by Crippen LogP contribution is 2.38. The minimum Gasteiger partial charge on any atom is -0.497 e. The number of piperidine rings is 1. The van der Waals surface area contributed by atoms with E-state index in [1.165, 1.54) is 0 Å². The van der Waals surface area contributed by atoms with Crippen molar-refractivity contribution >= 4 is 17.4 Å². The van der Waals surface area contributed by atoms with Crippen LogP contribution in [0, 0.1) is 0 Å². The zero-order valence-corrected chi connectivity index (χ0v) is 19.3. The number of carbonyl (C=O) groups excluding carboxylic acids is 1. The Kier molecular flexibility index (Phi) is 6.36. The molecule has 1 N–H and O–H groups in total. The monoisotopic (exact) mass is 459 g/mol. The van der Waals surface area contributed by atoms with Crippen molar-refractivity contribution in [3.05, 3.63) is 78.5 Å². The second-order valence-electron chi connectivity index (χ2n) is 8.80. The first-order valence-corrected chi connectivity index (χ1v) is 11.7. The fourth-order valence-corrected chi connectivity index (χ4v) is 4.69. The van der Waals surface area contributed by atoms with Crippen LogP contribution in [-0.4, -0.2) is 54.3 Å². The number of ether oxygens (including phenoxy) is 3. The highest BCUT2D eigenvalue weighted by atomic mass is 16.6. The molecule has 3 heterocycles. The quantitative estimate of drug-likeness (QED) is 0.577. The van der Waals surface area contributed by atoms with Crippen molar-refractivity contribution in [3.63, 3.8) is 0 Å². The van der Waals surface area contributed by atoms with Gasteiger partial charge in [-0.1, -0.05) is 18.2 Å². The van der Waals surface area contributed by atoms with Gasteiger partial charge < -0.3 is 24.4 Å². The van der Waals surface area contributed by atoms with Gasteiger partial charge >= 0.3 is 0 Å². The predicted octanol–water partition coefficient (Wildman–Crippen LogP) is 4.68. The summed E-state index contributed by atoms with van der Waals surface area (Å²) < 4.78 is 17.5. The van der Waals surface area contributed by atoms with E-state index < -0.39 is 0 Å². The fraction of sp³-hybridized carbons (Fsp3) is 0.333. The lowest BCUT2D eigenvalue weighted by Crippen LogP contribution is -2.46. The maximum Gasteiger partial charge on any atom is 0.257 e. The van der Waals surface area contributed by atoms with E-state index in [1.807, 2.05) is 65.6 Å². The summed E-state index contributed by atoms with van der Waals surface area (Å²) in [5.74, 6) is 2.17. The number of nitrogens with one attached hydrogen (secondary N) is 1. The van der Waals surface area contributed by atoms with E-state index in [2.05, 4.69) is 10.3 Å². The van der Waals surface area contributed by atoms with Crippen molar-refractivity contribution in [2.75, 3.05) is 32.1 Å². The van der Waals surface area contributed by atoms with Crippen LogP contribution in [0.5, 0.6) is 11.5 Å². The second kappa shape index (κ2) is 9.73. The Bertz CT molecular complexity index is 1110. The number of methoxy groups -OCH3 is 1. The number of benzene rings is 2. The molecule has 0 saturated carbocycles. The van der Waals surface area contributed by atoms with Crippen molar-refractivity contribution in [2.24, 2.45) is 0 Å². The zero-order chi connectivity index (χ0) is 23.4. The number of carbonyl (C=O) groups is 1. The van der Waals surface area contributed by atoms with Crippen LogP contribution >= 0.6 is 0 Å². The number of rotatable bonds is 6. The van der Waals surface area contributed by atoms with Gasteiger partial charge in [0.15, 0.2) is 0 Å². The molecule has 0 bridgehead atoms. The van der Waals surface area contributed by atoms with E-state index in [1.54, 1.807) is 19.4 Å². The smallest absolute Gasteiger partial charge is 0.257 e. The van der Waals surface area contributed by atoms with E-state index >= 15 is 0 Å². The Labute approximate surface area is 199 Å². The van der Waals surface area contributed by atoms with Gasteiger partial charge in [-0.3, -0.25) is 4.79 Å². The molecule has 1 atom stereocenters. The molecule has 7 heteroatoms. The van der Waals surface area contributed by atoms with E-state index in [-0.39, 0.29) is 17.6 Å². The van der Waals surface area contributed by atoms with Crippen molar-refractivity contribution in [1.82, 2.24) is 9.88 Å². The average molecular weight is 460 g/mol. The largest absolute Gasteiger partial charge is 0.497 e. The Hall–Kier alpha value is -3.58. The SMILES string of the molecule is COc1ccc(Nc2ncccc2C(=O)N2CCC3(CC2)C[C@@H](Oc2ccccc2)CO3)cc1. The number of pyridine rings is 1. The average Bonchev–Trinajstić information content (AvgIpc) is 3.27. The predicted molar refractivity (Wildman–Crippen MR) is 130 cm³/mol. The van der Waals surface area contributed by atoms with Crippen LogP contribution in [0.2, 0.25) is 0 Å². The number of hydrogen-bond donors (Lipinski definition) is 1. The third-order valence-electron chi connectivity index (χ3n) is 6.57. The molecule has 2 aromatic carbocycles. The number of para-hydroxylation sites is 1. The van der Waals surface area contributed by atoms with E-state index in [0.29, 0.717) is 31.1 Å². The van der Waals surface area contributed by atoms with E-state index in [0.717, 1.165) is 36.4 Å². The highest BCUT2D eigenvalue weighted by Gasteiger charge is 2.44. The summed E-state index contributed by atoms with van der Waals surface area (Å²) in [4.78, 5) is 19.7. The summed E-state index contributed by atoms with van der Waals surface area (Å²) in [7, 11) is 1.63. The molecule has 2 aliphatic rings. The van der Waals surface area contributed by atoms with Crippen LogP contribution in [0.15, 0.2) is 72.9 Å². The first-order valence-electron chi connectivity index (χ1n) is 11.7. The number of hydrogen-bond acceptors (Lipinski definition) is 6. The third-order valence-corrected chi connectivity index (χ3v) is 6.57. The Balaban J connectivity index is 1.21. The zero-order valence-electron chi connectivity index (χ0n) is 19.3. The first-order chi connectivity index (χ1) is 16.6. The molecule has 1 amide bonds. The molecule has 176 valence electrons. The van der Waals surface area contributed by atoms with Gasteiger partial charge in [-0.05, 0) is 61.4 Å². The number of amides is 1. The van der Waals surface area contributed by atoms with E-state index in [9.17, 15) is 4.79 Å². The topological polar surface area (TPSA) is 72.9 Å². The van der Waals surface area contributed by atoms with Gasteiger partial charge in [0.1, 0.15) is 23.4 Å². The standard InChI is InChI=1S/C27H29N3O4/c1-32-21-11-9-20(10-12-21)29-25-24(8-5-15-28-25)26(31)30-16-13-27(14-17-30)18-23(19-33-27)34-22-6-3-2-4-7-22/h2-12,15,23H,13-14,16-19H2,1H3,(H,28,29)/t23-/m1/s1. The molecule has 7 nitrogen and oxygen atoms in total. The Morgan fingerprint density at radius 1 is 1.03 bits per heavy atom. The van der Waals surface area contributed by atoms with Crippen molar-refractivity contribution in [3.8, 4) is 11.5 Å². The van der Waals surface area contributed by atoms with Crippen molar-refractivity contribution < 1.29 is 19.0 Å². The Morgan fingerprint density at radius 3 is 2.53 bits per heavy atom. The number of likely N-dealkylation sites (tertiary alicyclic amines) is 1. The van der Waals surface area contributed by atoms with Crippen LogP contribution in [-0.2, 0) is 4.74 Å². The van der Waals surface area contributed by atoms with Crippen LogP contribution in [0.25, 0.3) is 0 Å². The Morgan fingerprint density at radius 2 is 1.79 bits per heavy atom. The van der Waals surface area contributed by atoms with Crippen LogP contribution < -0.4 is 14.8 Å². The summed E-state index contributed by atoms with van der Waals surface area (Å²) in [6.07, 6.45) is 4.18. The maximum atomic E-state index is 13.4.